The zero-order valence-corrected chi connectivity index (χ0v) is 20.4. The van der Waals surface area contributed by atoms with Crippen LogP contribution in [0.2, 0.25) is 0 Å². The van der Waals surface area contributed by atoms with Crippen LogP contribution in [0, 0.1) is 0 Å². The lowest BCUT2D eigenvalue weighted by Crippen LogP contribution is -2.19. The van der Waals surface area contributed by atoms with Gasteiger partial charge in [0.15, 0.2) is 5.75 Å². The topological polar surface area (TPSA) is 109 Å². The van der Waals surface area contributed by atoms with Crippen molar-refractivity contribution >= 4 is 16.9 Å². The van der Waals surface area contributed by atoms with Gasteiger partial charge in [-0.1, -0.05) is 6.07 Å². The number of carboxylic acid groups (broad SMARTS) is 1. The van der Waals surface area contributed by atoms with E-state index in [9.17, 15) is 9.90 Å². The number of carbonyl (C=O) groups is 1. The Morgan fingerprint density at radius 2 is 1.97 bits per heavy atom. The van der Waals surface area contributed by atoms with Crippen LogP contribution < -0.4 is 14.2 Å². The smallest absolute Gasteiger partial charge is 0.305 e. The number of fused-ring (bicyclic) bond motifs is 3. The van der Waals surface area contributed by atoms with Crippen molar-refractivity contribution in [2.24, 2.45) is 0 Å². The number of aromatic nitrogens is 4. The van der Waals surface area contributed by atoms with Crippen LogP contribution in [0.5, 0.6) is 17.4 Å². The molecule has 3 aromatic heterocycles. The zero-order valence-electron chi connectivity index (χ0n) is 20.4. The molecule has 0 spiro atoms. The van der Waals surface area contributed by atoms with E-state index in [4.69, 9.17) is 19.2 Å². The van der Waals surface area contributed by atoms with Crippen LogP contribution in [-0.2, 0) is 24.1 Å². The number of nitrogens with zero attached hydrogens (tertiary/aromatic N) is 4. The lowest BCUT2D eigenvalue weighted by atomic mass is 9.96. The Morgan fingerprint density at radius 1 is 1.08 bits per heavy atom. The van der Waals surface area contributed by atoms with E-state index >= 15 is 0 Å². The average Bonchev–Trinajstić information content (AvgIpc) is 3.34. The minimum absolute atomic E-state index is 0.149. The molecule has 0 fully saturated rings. The van der Waals surface area contributed by atoms with Crippen molar-refractivity contribution in [3.05, 3.63) is 71.3 Å². The summed E-state index contributed by atoms with van der Waals surface area (Å²) in [5, 5.41) is 15.0. The average molecular weight is 501 g/mol. The van der Waals surface area contributed by atoms with Gasteiger partial charge in [0.2, 0.25) is 0 Å². The molecule has 37 heavy (non-hydrogen) atoms. The van der Waals surface area contributed by atoms with Crippen molar-refractivity contribution in [3.8, 4) is 17.4 Å². The molecule has 2 aliphatic rings. The Morgan fingerprint density at radius 3 is 2.89 bits per heavy atom. The normalized spacial score (nSPS) is 15.2. The van der Waals surface area contributed by atoms with Crippen molar-refractivity contribution in [1.29, 1.82) is 0 Å². The molecule has 0 amide bonds. The number of benzene rings is 1. The third kappa shape index (κ3) is 4.94. The highest BCUT2D eigenvalue weighted by Gasteiger charge is 2.24. The molecule has 0 radical (unpaired) electrons. The maximum absolute atomic E-state index is 11.7. The predicted molar refractivity (Wildman–Crippen MR) is 135 cm³/mol. The van der Waals surface area contributed by atoms with Crippen LogP contribution in [-0.4, -0.2) is 50.6 Å². The fraction of sp³-hybridized carbons (Fsp3) is 0.357. The third-order valence-electron chi connectivity index (χ3n) is 6.90. The molecule has 6 rings (SSSR count). The minimum atomic E-state index is -0.931. The molecule has 9 nitrogen and oxygen atoms in total. The van der Waals surface area contributed by atoms with Gasteiger partial charge in [0.1, 0.15) is 19.0 Å². The van der Waals surface area contributed by atoms with Crippen molar-refractivity contribution in [2.75, 3.05) is 19.8 Å². The maximum Gasteiger partial charge on any atom is 0.305 e. The first-order chi connectivity index (χ1) is 18.1. The maximum atomic E-state index is 11.7. The minimum Gasteiger partial charge on any atom is -0.493 e. The molecule has 1 N–H and O–H groups in total. The zero-order chi connectivity index (χ0) is 25.2. The summed E-state index contributed by atoms with van der Waals surface area (Å²) in [4.78, 5) is 20.9. The Bertz CT molecular complexity index is 1450. The highest BCUT2D eigenvalue weighted by Crippen LogP contribution is 2.34. The number of ether oxygens (including phenoxy) is 3. The van der Waals surface area contributed by atoms with Gasteiger partial charge in [-0.05, 0) is 67.1 Å². The number of rotatable bonds is 8. The van der Waals surface area contributed by atoms with Crippen LogP contribution >= 0.6 is 0 Å². The summed E-state index contributed by atoms with van der Waals surface area (Å²) in [6.45, 7) is 1.39. The highest BCUT2D eigenvalue weighted by molar-refractivity contribution is 5.81. The lowest BCUT2D eigenvalue weighted by molar-refractivity contribution is -0.137. The summed E-state index contributed by atoms with van der Waals surface area (Å²) in [7, 11) is 0. The summed E-state index contributed by atoms with van der Waals surface area (Å²) in [6, 6.07) is 11.3. The molecule has 9 heteroatoms. The first-order valence-electron chi connectivity index (χ1n) is 12.7. The first-order valence-corrected chi connectivity index (χ1v) is 12.7. The fourth-order valence-corrected chi connectivity index (χ4v) is 5.05. The van der Waals surface area contributed by atoms with Gasteiger partial charge in [-0.15, -0.1) is 0 Å². The van der Waals surface area contributed by atoms with E-state index in [1.165, 1.54) is 24.1 Å². The molecular formula is C28H28N4O5. The second-order valence-corrected chi connectivity index (χ2v) is 9.41. The monoisotopic (exact) mass is 500 g/mol. The second kappa shape index (κ2) is 10.1. The van der Waals surface area contributed by atoms with Gasteiger partial charge in [0.25, 0.3) is 5.88 Å². The number of hydrogen-bond donors (Lipinski definition) is 1. The van der Waals surface area contributed by atoms with Gasteiger partial charge in [0, 0.05) is 29.4 Å². The molecule has 1 aliphatic carbocycles. The van der Waals surface area contributed by atoms with Crippen molar-refractivity contribution in [3.63, 3.8) is 0 Å². The number of pyridine rings is 2. The number of aryl methyl sites for hydroxylation is 2. The SMILES string of the molecule is O=C(O)CC(c1cnc2c(c1)OCCO2)n1ncc2cc(OCCc3ccc4c(n3)CCCC4)ccc21. The number of carboxylic acids is 1. The summed E-state index contributed by atoms with van der Waals surface area (Å²) in [6.07, 6.45) is 8.61. The van der Waals surface area contributed by atoms with Gasteiger partial charge in [-0.2, -0.15) is 5.10 Å². The lowest BCUT2D eigenvalue weighted by Gasteiger charge is -2.21. The number of aliphatic carboxylic acids is 1. The van der Waals surface area contributed by atoms with Crippen molar-refractivity contribution in [1.82, 2.24) is 19.7 Å². The molecule has 0 bridgehead atoms. The van der Waals surface area contributed by atoms with Crippen LogP contribution in [0.1, 0.15) is 47.8 Å². The van der Waals surface area contributed by atoms with E-state index in [0.717, 1.165) is 41.6 Å². The van der Waals surface area contributed by atoms with E-state index in [1.807, 2.05) is 18.2 Å². The van der Waals surface area contributed by atoms with Crippen LogP contribution in [0.25, 0.3) is 10.9 Å². The Labute approximate surface area is 214 Å². The quantitative estimate of drug-likeness (QED) is 0.384. The third-order valence-corrected chi connectivity index (χ3v) is 6.90. The van der Waals surface area contributed by atoms with Gasteiger partial charge >= 0.3 is 5.97 Å². The molecule has 1 unspecified atom stereocenters. The van der Waals surface area contributed by atoms with Gasteiger partial charge in [0.05, 0.1) is 30.8 Å². The molecule has 1 aliphatic heterocycles. The van der Waals surface area contributed by atoms with Crippen molar-refractivity contribution in [2.45, 2.75) is 44.6 Å². The van der Waals surface area contributed by atoms with Crippen LogP contribution in [0.15, 0.2) is 48.8 Å². The highest BCUT2D eigenvalue weighted by atomic mass is 16.6. The molecular weight excluding hydrogens is 472 g/mol. The molecule has 4 heterocycles. The predicted octanol–water partition coefficient (Wildman–Crippen LogP) is 4.16. The Hall–Kier alpha value is -4.14. The largest absolute Gasteiger partial charge is 0.493 e. The van der Waals surface area contributed by atoms with Crippen LogP contribution in [0.4, 0.5) is 0 Å². The van der Waals surface area contributed by atoms with E-state index in [2.05, 4.69) is 22.2 Å². The van der Waals surface area contributed by atoms with Crippen molar-refractivity contribution < 1.29 is 24.1 Å². The Kier molecular flexibility index (Phi) is 6.34. The van der Waals surface area contributed by atoms with Crippen LogP contribution in [0.3, 0.4) is 0 Å². The fourth-order valence-electron chi connectivity index (χ4n) is 5.05. The van der Waals surface area contributed by atoms with Gasteiger partial charge < -0.3 is 19.3 Å². The second-order valence-electron chi connectivity index (χ2n) is 9.41. The first kappa shape index (κ1) is 23.3. The molecule has 0 saturated heterocycles. The standard InChI is InChI=1S/C28H28N4O5/c33-27(34)15-25(20-14-26-28(29-16-20)37-12-11-36-26)32-24-8-7-22(13-19(24)17-30-32)35-10-9-21-6-5-18-3-1-2-4-23(18)31-21/h5-8,13-14,16-17,25H,1-4,9-12,15H2,(H,33,34). The van der Waals surface area contributed by atoms with Gasteiger partial charge in [-0.25, -0.2) is 4.98 Å². The summed E-state index contributed by atoms with van der Waals surface area (Å²) in [5.74, 6) is 0.738. The molecule has 0 saturated carbocycles. The van der Waals surface area contributed by atoms with Gasteiger partial charge in [-0.3, -0.25) is 14.5 Å². The Balaban J connectivity index is 1.19. The van der Waals surface area contributed by atoms with E-state index in [0.29, 0.717) is 37.0 Å². The summed E-state index contributed by atoms with van der Waals surface area (Å²) in [5.41, 5.74) is 5.17. The van der Waals surface area contributed by atoms with E-state index < -0.39 is 12.0 Å². The molecule has 190 valence electrons. The molecule has 4 aromatic rings. The van der Waals surface area contributed by atoms with E-state index in [1.54, 1.807) is 23.1 Å². The molecule has 1 atom stereocenters. The summed E-state index contributed by atoms with van der Waals surface area (Å²) < 4.78 is 18.9. The molecule has 1 aromatic carbocycles. The van der Waals surface area contributed by atoms with E-state index in [-0.39, 0.29) is 6.42 Å². The summed E-state index contributed by atoms with van der Waals surface area (Å²) >= 11 is 0. The number of hydrogen-bond acceptors (Lipinski definition) is 7.